The first-order valence-corrected chi connectivity index (χ1v) is 16.2. The van der Waals surface area contributed by atoms with Gasteiger partial charge in [0.15, 0.2) is 5.13 Å². The van der Waals surface area contributed by atoms with E-state index in [9.17, 15) is 19.5 Å². The van der Waals surface area contributed by atoms with E-state index in [4.69, 9.17) is 0 Å². The summed E-state index contributed by atoms with van der Waals surface area (Å²) in [6, 6.07) is 24.6. The molecule has 1 aromatic heterocycles. The minimum atomic E-state index is -0.233. The molecule has 0 saturated carbocycles. The summed E-state index contributed by atoms with van der Waals surface area (Å²) in [7, 11) is 0. The fourth-order valence-corrected chi connectivity index (χ4v) is 6.71. The van der Waals surface area contributed by atoms with Crippen molar-refractivity contribution in [3.63, 3.8) is 0 Å². The topological polar surface area (TPSA) is 115 Å². The minimum Gasteiger partial charge on any atom is -0.394 e. The van der Waals surface area contributed by atoms with Crippen LogP contribution in [0.5, 0.6) is 0 Å². The zero-order valence-electron chi connectivity index (χ0n) is 24.4. The quantitative estimate of drug-likeness (QED) is 0.204. The second-order valence-corrected chi connectivity index (χ2v) is 12.8. The molecule has 0 unspecified atom stereocenters. The van der Waals surface area contributed by atoms with Crippen molar-refractivity contribution in [2.75, 3.05) is 38.1 Å². The molecule has 228 valence electrons. The van der Waals surface area contributed by atoms with Gasteiger partial charge >= 0.3 is 0 Å². The van der Waals surface area contributed by atoms with Crippen molar-refractivity contribution < 1.29 is 19.5 Å². The normalized spacial score (nSPS) is 13.9. The van der Waals surface area contributed by atoms with Crippen LogP contribution in [0.4, 0.5) is 5.13 Å². The summed E-state index contributed by atoms with van der Waals surface area (Å²) >= 11 is 3.00. The van der Waals surface area contributed by atoms with Crippen molar-refractivity contribution in [3.05, 3.63) is 113 Å². The molecule has 4 aromatic rings. The Bertz CT molecular complexity index is 1570. The molecule has 44 heavy (non-hydrogen) atoms. The molecule has 3 N–H and O–H groups in total. The van der Waals surface area contributed by atoms with Crippen molar-refractivity contribution in [1.29, 1.82) is 0 Å². The molecule has 1 aliphatic rings. The number of hydrogen-bond donors (Lipinski definition) is 3. The smallest absolute Gasteiger partial charge is 0.257 e. The molecule has 2 heterocycles. The lowest BCUT2D eigenvalue weighted by molar-refractivity contribution is -0.130. The van der Waals surface area contributed by atoms with Gasteiger partial charge in [-0.3, -0.25) is 19.7 Å². The van der Waals surface area contributed by atoms with Gasteiger partial charge in [0.1, 0.15) is 0 Å². The number of aromatic nitrogens is 1. The van der Waals surface area contributed by atoms with E-state index in [1.165, 1.54) is 11.3 Å². The van der Waals surface area contributed by atoms with Crippen LogP contribution in [0.15, 0.2) is 89.3 Å². The zero-order chi connectivity index (χ0) is 30.9. The first-order chi connectivity index (χ1) is 21.4. The van der Waals surface area contributed by atoms with Gasteiger partial charge in [-0.15, -0.1) is 11.8 Å². The number of piperazine rings is 1. The third-order valence-electron chi connectivity index (χ3n) is 7.43. The molecule has 0 aliphatic carbocycles. The van der Waals surface area contributed by atoms with Crippen LogP contribution < -0.4 is 10.6 Å². The maximum absolute atomic E-state index is 13.0. The highest BCUT2D eigenvalue weighted by molar-refractivity contribution is 8.00. The predicted octanol–water partition coefficient (Wildman–Crippen LogP) is 4.82. The van der Waals surface area contributed by atoms with E-state index in [0.717, 1.165) is 20.9 Å². The Kier molecular flexibility index (Phi) is 10.8. The van der Waals surface area contributed by atoms with Crippen LogP contribution in [0.3, 0.4) is 0 Å². The molecular weight excluding hydrogens is 595 g/mol. The number of nitrogens with one attached hydrogen (secondary N) is 2. The van der Waals surface area contributed by atoms with Crippen LogP contribution in [0.25, 0.3) is 0 Å². The number of thioether (sulfide) groups is 1. The fourth-order valence-electron chi connectivity index (χ4n) is 4.90. The number of amides is 3. The summed E-state index contributed by atoms with van der Waals surface area (Å²) in [5.74, 6) is 0.445. The number of carbonyl (C=O) groups excluding carboxylic acids is 3. The standard InChI is InChI=1S/C33H35N5O4S2/c1-23(40)37-14-16-38(17-15-37)32(42)28-9-5-6-25(18-28)22-43-30-20-35-33(44-30)36-31(41)27-12-10-24(11-13-27)19-34-29(21-39)26-7-3-2-4-8-26/h2-13,18,20,29,34,39H,14-17,19,21-22H2,1H3,(H,35,36,41)/t29-/m1/s1. The Morgan fingerprint density at radius 2 is 1.64 bits per heavy atom. The van der Waals surface area contributed by atoms with E-state index < -0.39 is 0 Å². The van der Waals surface area contributed by atoms with E-state index in [1.54, 1.807) is 46.8 Å². The number of nitrogens with zero attached hydrogens (tertiary/aromatic N) is 3. The van der Waals surface area contributed by atoms with Crippen LogP contribution in [0.2, 0.25) is 0 Å². The lowest BCUT2D eigenvalue weighted by atomic mass is 10.1. The molecule has 1 fully saturated rings. The molecule has 9 nitrogen and oxygen atoms in total. The number of hydrogen-bond acceptors (Lipinski definition) is 8. The van der Waals surface area contributed by atoms with E-state index in [2.05, 4.69) is 15.6 Å². The Hall–Kier alpha value is -4.03. The van der Waals surface area contributed by atoms with Gasteiger partial charge in [0.05, 0.1) is 23.1 Å². The predicted molar refractivity (Wildman–Crippen MR) is 174 cm³/mol. The lowest BCUT2D eigenvalue weighted by Crippen LogP contribution is -2.50. The summed E-state index contributed by atoms with van der Waals surface area (Å²) in [4.78, 5) is 45.4. The zero-order valence-corrected chi connectivity index (χ0v) is 26.1. The number of thiazole rings is 1. The Balaban J connectivity index is 1.09. The molecular formula is C33H35N5O4S2. The monoisotopic (exact) mass is 629 g/mol. The van der Waals surface area contributed by atoms with E-state index in [0.29, 0.717) is 54.7 Å². The third-order valence-corrected chi connectivity index (χ3v) is 9.60. The molecule has 3 amide bonds. The number of aliphatic hydroxyl groups is 1. The highest BCUT2D eigenvalue weighted by atomic mass is 32.2. The Morgan fingerprint density at radius 3 is 2.34 bits per heavy atom. The fraction of sp³-hybridized carbons (Fsp3) is 0.273. The molecule has 1 saturated heterocycles. The number of rotatable bonds is 11. The largest absolute Gasteiger partial charge is 0.394 e. The average molecular weight is 630 g/mol. The summed E-state index contributed by atoms with van der Waals surface area (Å²) in [5.41, 5.74) is 4.22. The molecule has 0 radical (unpaired) electrons. The van der Waals surface area contributed by atoms with Crippen molar-refractivity contribution in [1.82, 2.24) is 20.1 Å². The van der Waals surface area contributed by atoms with E-state index in [1.807, 2.05) is 66.7 Å². The van der Waals surface area contributed by atoms with Crippen LogP contribution in [-0.2, 0) is 17.1 Å². The van der Waals surface area contributed by atoms with Crippen molar-refractivity contribution in [2.45, 2.75) is 29.5 Å². The van der Waals surface area contributed by atoms with E-state index >= 15 is 0 Å². The third kappa shape index (κ3) is 8.32. The van der Waals surface area contributed by atoms with Gasteiger partial charge < -0.3 is 20.2 Å². The van der Waals surface area contributed by atoms with Crippen LogP contribution in [-0.4, -0.2) is 70.4 Å². The molecule has 5 rings (SSSR count). The maximum atomic E-state index is 13.0. The molecule has 0 bridgehead atoms. The average Bonchev–Trinajstić information content (AvgIpc) is 3.51. The van der Waals surface area contributed by atoms with Crippen LogP contribution >= 0.6 is 23.1 Å². The van der Waals surface area contributed by atoms with Gasteiger partial charge in [0, 0.05) is 56.5 Å². The van der Waals surface area contributed by atoms with Gasteiger partial charge in [-0.05, 0) is 41.0 Å². The number of carbonyl (C=O) groups is 3. The maximum Gasteiger partial charge on any atom is 0.257 e. The minimum absolute atomic E-state index is 0.00747. The lowest BCUT2D eigenvalue weighted by Gasteiger charge is -2.34. The summed E-state index contributed by atoms with van der Waals surface area (Å²) < 4.78 is 0.954. The van der Waals surface area contributed by atoms with Gasteiger partial charge in [-0.2, -0.15) is 0 Å². The first kappa shape index (κ1) is 31.4. The summed E-state index contributed by atoms with van der Waals surface area (Å²) in [6.07, 6.45) is 1.74. The molecule has 0 spiro atoms. The highest BCUT2D eigenvalue weighted by Gasteiger charge is 2.23. The molecule has 3 aromatic carbocycles. The van der Waals surface area contributed by atoms with Gasteiger partial charge in [-0.25, -0.2) is 4.98 Å². The van der Waals surface area contributed by atoms with Crippen molar-refractivity contribution >= 4 is 46.0 Å². The van der Waals surface area contributed by atoms with Gasteiger partial charge in [0.2, 0.25) is 5.91 Å². The SMILES string of the molecule is CC(=O)N1CCN(C(=O)c2cccc(CSc3cnc(NC(=O)c4ccc(CN[C@H](CO)c5ccccc5)cc4)s3)c2)CC1. The molecule has 1 atom stereocenters. The van der Waals surface area contributed by atoms with Crippen LogP contribution in [0, 0.1) is 0 Å². The second-order valence-electron chi connectivity index (χ2n) is 10.4. The summed E-state index contributed by atoms with van der Waals surface area (Å²) in [5, 5.41) is 16.5. The van der Waals surface area contributed by atoms with Gasteiger partial charge in [0.25, 0.3) is 11.8 Å². The first-order valence-electron chi connectivity index (χ1n) is 14.4. The summed E-state index contributed by atoms with van der Waals surface area (Å²) in [6.45, 7) is 4.30. The number of benzene rings is 3. The molecule has 11 heteroatoms. The highest BCUT2D eigenvalue weighted by Crippen LogP contribution is 2.31. The van der Waals surface area contributed by atoms with Crippen molar-refractivity contribution in [2.24, 2.45) is 0 Å². The number of aliphatic hydroxyl groups excluding tert-OH is 1. The number of anilines is 1. The van der Waals surface area contributed by atoms with Crippen LogP contribution in [0.1, 0.15) is 50.4 Å². The molecule has 1 aliphatic heterocycles. The second kappa shape index (κ2) is 15.1. The Morgan fingerprint density at radius 1 is 0.909 bits per heavy atom. The van der Waals surface area contributed by atoms with Gasteiger partial charge in [-0.1, -0.05) is 65.9 Å². The Labute approximate surface area is 265 Å². The van der Waals surface area contributed by atoms with Crippen molar-refractivity contribution in [3.8, 4) is 0 Å². The van der Waals surface area contributed by atoms with E-state index in [-0.39, 0.29) is 30.4 Å².